The zero-order valence-electron chi connectivity index (χ0n) is 17.1. The third-order valence-corrected chi connectivity index (χ3v) is 4.84. The number of hydrogen-bond acceptors (Lipinski definition) is 5. The van der Waals surface area contributed by atoms with E-state index in [0.29, 0.717) is 27.7 Å². The summed E-state index contributed by atoms with van der Waals surface area (Å²) in [6.45, 7) is 0. The van der Waals surface area contributed by atoms with Gasteiger partial charge < -0.3 is 15.7 Å². The monoisotopic (exact) mass is 529 g/mol. The molecule has 0 bridgehead atoms. The standard InChI is InChI=1S/C19H12Cl2FN5O.C2HF3O2/c20-13-8-10(22)3-5-12(13)19(28)25-15-6-4-11(9-14(15)21)24-18-17-16(26-27-18)2-1-7-23-17;3-2(4,5)1(6)7/h1-9H,(H,25,28)(H2,24,26,27);(H,6,7). The van der Waals surface area contributed by atoms with Crippen LogP contribution in [0.15, 0.2) is 54.7 Å². The summed E-state index contributed by atoms with van der Waals surface area (Å²) >= 11 is 12.2. The number of carbonyl (C=O) groups excluding carboxylic acids is 1. The van der Waals surface area contributed by atoms with Crippen LogP contribution >= 0.6 is 23.2 Å². The van der Waals surface area contributed by atoms with Crippen molar-refractivity contribution < 1.29 is 32.3 Å². The molecule has 4 rings (SSSR count). The minimum atomic E-state index is -5.08. The lowest BCUT2D eigenvalue weighted by atomic mass is 10.2. The number of halogens is 6. The number of alkyl halides is 3. The Kier molecular flexibility index (Phi) is 7.77. The topological polar surface area (TPSA) is 120 Å². The average molecular weight is 530 g/mol. The van der Waals surface area contributed by atoms with Crippen molar-refractivity contribution in [3.8, 4) is 0 Å². The van der Waals surface area contributed by atoms with Gasteiger partial charge in [0.1, 0.15) is 11.3 Å². The summed E-state index contributed by atoms with van der Waals surface area (Å²) in [4.78, 5) is 25.5. The second-order valence-electron chi connectivity index (χ2n) is 6.67. The first-order chi connectivity index (χ1) is 16.5. The van der Waals surface area contributed by atoms with E-state index in [1.807, 2.05) is 12.1 Å². The molecule has 0 aliphatic carbocycles. The van der Waals surface area contributed by atoms with Crippen molar-refractivity contribution in [2.75, 3.05) is 10.6 Å². The van der Waals surface area contributed by atoms with Crippen molar-refractivity contribution in [1.29, 1.82) is 0 Å². The van der Waals surface area contributed by atoms with Crippen LogP contribution in [-0.4, -0.2) is 38.3 Å². The van der Waals surface area contributed by atoms with E-state index in [0.717, 1.165) is 17.6 Å². The lowest BCUT2D eigenvalue weighted by Gasteiger charge is -2.10. The molecule has 0 saturated heterocycles. The van der Waals surface area contributed by atoms with Gasteiger partial charge in [-0.1, -0.05) is 23.2 Å². The molecule has 182 valence electrons. The molecule has 1 amide bonds. The maximum Gasteiger partial charge on any atom is 0.490 e. The first kappa shape index (κ1) is 25.7. The predicted molar refractivity (Wildman–Crippen MR) is 122 cm³/mol. The number of aromatic nitrogens is 3. The number of benzene rings is 2. The van der Waals surface area contributed by atoms with E-state index in [4.69, 9.17) is 33.1 Å². The van der Waals surface area contributed by atoms with E-state index >= 15 is 0 Å². The molecule has 0 spiro atoms. The fourth-order valence-corrected chi connectivity index (χ4v) is 3.12. The Morgan fingerprint density at radius 1 is 1.03 bits per heavy atom. The molecule has 0 unspecified atom stereocenters. The number of aromatic amines is 1. The smallest absolute Gasteiger partial charge is 0.475 e. The molecule has 0 aliphatic heterocycles. The van der Waals surface area contributed by atoms with E-state index in [2.05, 4.69) is 25.8 Å². The number of nitrogens with one attached hydrogen (secondary N) is 3. The molecule has 4 N–H and O–H groups in total. The van der Waals surface area contributed by atoms with Gasteiger partial charge in [0.15, 0.2) is 5.82 Å². The van der Waals surface area contributed by atoms with Crippen LogP contribution in [0, 0.1) is 5.82 Å². The van der Waals surface area contributed by atoms with Crippen LogP contribution in [0.4, 0.5) is 34.8 Å². The van der Waals surface area contributed by atoms with E-state index in [1.54, 1.807) is 24.4 Å². The number of fused-ring (bicyclic) bond motifs is 1. The average Bonchev–Trinajstić information content (AvgIpc) is 3.18. The summed E-state index contributed by atoms with van der Waals surface area (Å²) in [5.41, 5.74) is 2.71. The zero-order chi connectivity index (χ0) is 25.8. The van der Waals surface area contributed by atoms with Crippen LogP contribution in [0.1, 0.15) is 10.4 Å². The summed E-state index contributed by atoms with van der Waals surface area (Å²) in [7, 11) is 0. The lowest BCUT2D eigenvalue weighted by molar-refractivity contribution is -0.192. The van der Waals surface area contributed by atoms with Gasteiger partial charge in [-0.2, -0.15) is 18.3 Å². The van der Waals surface area contributed by atoms with Crippen molar-refractivity contribution in [3.05, 3.63) is 76.2 Å². The number of amides is 1. The number of hydrogen-bond donors (Lipinski definition) is 4. The van der Waals surface area contributed by atoms with E-state index in [-0.39, 0.29) is 10.6 Å². The lowest BCUT2D eigenvalue weighted by Crippen LogP contribution is -2.21. The molecule has 0 fully saturated rings. The molecule has 35 heavy (non-hydrogen) atoms. The van der Waals surface area contributed by atoms with Gasteiger partial charge in [-0.3, -0.25) is 14.9 Å². The molecule has 0 radical (unpaired) electrons. The van der Waals surface area contributed by atoms with Crippen LogP contribution in [0.2, 0.25) is 10.0 Å². The Bertz CT molecular complexity index is 1400. The van der Waals surface area contributed by atoms with Crippen LogP contribution in [0.3, 0.4) is 0 Å². The molecule has 2 heterocycles. The molecule has 2 aromatic heterocycles. The Balaban J connectivity index is 0.000000429. The number of anilines is 3. The molecule has 0 aliphatic rings. The molecule has 4 aromatic rings. The summed E-state index contributed by atoms with van der Waals surface area (Å²) in [6.07, 6.45) is -3.41. The molecule has 8 nitrogen and oxygen atoms in total. The van der Waals surface area contributed by atoms with E-state index in [9.17, 15) is 22.4 Å². The van der Waals surface area contributed by atoms with Gasteiger partial charge in [0.25, 0.3) is 5.91 Å². The number of pyridine rings is 1. The highest BCUT2D eigenvalue weighted by Crippen LogP contribution is 2.29. The fourth-order valence-electron chi connectivity index (χ4n) is 2.63. The largest absolute Gasteiger partial charge is 0.490 e. The number of nitrogens with zero attached hydrogens (tertiary/aromatic N) is 2. The summed E-state index contributed by atoms with van der Waals surface area (Å²) in [5, 5.41) is 20.3. The highest BCUT2D eigenvalue weighted by Gasteiger charge is 2.38. The van der Waals surface area contributed by atoms with E-state index < -0.39 is 23.9 Å². The van der Waals surface area contributed by atoms with Gasteiger partial charge in [0, 0.05) is 11.9 Å². The highest BCUT2D eigenvalue weighted by molar-refractivity contribution is 6.36. The first-order valence-electron chi connectivity index (χ1n) is 9.38. The Labute approximate surface area is 203 Å². The van der Waals surface area contributed by atoms with Gasteiger partial charge in [-0.15, -0.1) is 0 Å². The SMILES string of the molecule is O=C(Nc1ccc(Nc2n[nH]c3cccnc23)cc1Cl)c1ccc(F)cc1Cl.O=C(O)C(F)(F)F. The van der Waals surface area contributed by atoms with Crippen molar-refractivity contribution in [3.63, 3.8) is 0 Å². The van der Waals surface area contributed by atoms with Crippen LogP contribution in [-0.2, 0) is 4.79 Å². The Morgan fingerprint density at radius 3 is 2.37 bits per heavy atom. The normalized spacial score (nSPS) is 10.9. The third kappa shape index (κ3) is 6.58. The Hall–Kier alpha value is -3.90. The van der Waals surface area contributed by atoms with Crippen molar-refractivity contribution in [1.82, 2.24) is 15.2 Å². The van der Waals surface area contributed by atoms with Crippen LogP contribution in [0.25, 0.3) is 11.0 Å². The maximum atomic E-state index is 13.1. The third-order valence-electron chi connectivity index (χ3n) is 4.22. The summed E-state index contributed by atoms with van der Waals surface area (Å²) in [5.74, 6) is -3.21. The highest BCUT2D eigenvalue weighted by atomic mass is 35.5. The Morgan fingerprint density at radius 2 is 1.74 bits per heavy atom. The number of carbonyl (C=O) groups is 2. The van der Waals surface area contributed by atoms with Crippen molar-refractivity contribution in [2.24, 2.45) is 0 Å². The number of carboxylic acid groups (broad SMARTS) is 1. The van der Waals surface area contributed by atoms with Crippen molar-refractivity contribution in [2.45, 2.75) is 6.18 Å². The molecule has 0 saturated carbocycles. The van der Waals surface area contributed by atoms with Gasteiger partial charge in [-0.25, -0.2) is 9.18 Å². The zero-order valence-corrected chi connectivity index (χ0v) is 18.6. The van der Waals surface area contributed by atoms with Gasteiger partial charge in [0.05, 0.1) is 26.8 Å². The number of H-pyrrole nitrogens is 1. The molecule has 14 heteroatoms. The summed E-state index contributed by atoms with van der Waals surface area (Å²) in [6, 6.07) is 12.3. The van der Waals surface area contributed by atoms with Crippen molar-refractivity contribution >= 4 is 63.3 Å². The molecular weight excluding hydrogens is 517 g/mol. The fraction of sp³-hybridized carbons (Fsp3) is 0.0476. The predicted octanol–water partition coefficient (Wildman–Crippen LogP) is 6.03. The summed E-state index contributed by atoms with van der Waals surface area (Å²) < 4.78 is 44.9. The van der Waals surface area contributed by atoms with E-state index in [1.165, 1.54) is 6.07 Å². The molecular formula is C21H13Cl2F4N5O3. The molecule has 0 atom stereocenters. The quantitative estimate of drug-likeness (QED) is 0.239. The molecule has 2 aromatic carbocycles. The van der Waals surface area contributed by atoms with Crippen LogP contribution < -0.4 is 10.6 Å². The second kappa shape index (κ2) is 10.6. The van der Waals surface area contributed by atoms with Crippen LogP contribution in [0.5, 0.6) is 0 Å². The number of aliphatic carboxylic acids is 1. The first-order valence-corrected chi connectivity index (χ1v) is 10.1. The number of carboxylic acids is 1. The second-order valence-corrected chi connectivity index (χ2v) is 7.49. The minimum Gasteiger partial charge on any atom is -0.475 e. The number of rotatable bonds is 4. The van der Waals surface area contributed by atoms with Gasteiger partial charge in [-0.05, 0) is 48.5 Å². The van der Waals surface area contributed by atoms with Gasteiger partial charge >= 0.3 is 12.1 Å². The minimum absolute atomic E-state index is 0.0184. The van der Waals surface area contributed by atoms with Gasteiger partial charge in [0.2, 0.25) is 0 Å². The maximum absolute atomic E-state index is 13.1.